The first-order valence-electron chi connectivity index (χ1n) is 6.57. The van der Waals surface area contributed by atoms with E-state index in [0.717, 1.165) is 5.56 Å². The molecule has 0 amide bonds. The van der Waals surface area contributed by atoms with Gasteiger partial charge in [0.25, 0.3) is 0 Å². The maximum atomic E-state index is 9.86. The molecule has 0 spiro atoms. The van der Waals surface area contributed by atoms with Crippen LogP contribution in [-0.2, 0) is 24.3 Å². The predicted molar refractivity (Wildman–Crippen MR) is 72.9 cm³/mol. The van der Waals surface area contributed by atoms with E-state index >= 15 is 0 Å². The van der Waals surface area contributed by atoms with Gasteiger partial charge in [-0.1, -0.05) is 35.5 Å². The highest BCUT2D eigenvalue weighted by Crippen LogP contribution is 2.02. The molecule has 1 heterocycles. The largest absolute Gasteiger partial charge is 0.396 e. The van der Waals surface area contributed by atoms with Crippen LogP contribution in [0.25, 0.3) is 0 Å². The number of rotatable bonds is 8. The van der Waals surface area contributed by atoms with Gasteiger partial charge in [0.15, 0.2) is 0 Å². The third-order valence-corrected chi connectivity index (χ3v) is 2.77. The van der Waals surface area contributed by atoms with Crippen LogP contribution in [0.2, 0.25) is 0 Å². The van der Waals surface area contributed by atoms with E-state index in [0.29, 0.717) is 25.3 Å². The lowest BCUT2D eigenvalue weighted by molar-refractivity contribution is 0.0185. The molecule has 2 N–H and O–H groups in total. The van der Waals surface area contributed by atoms with Gasteiger partial charge in [0.1, 0.15) is 0 Å². The molecule has 0 saturated heterocycles. The van der Waals surface area contributed by atoms with E-state index in [1.807, 2.05) is 30.3 Å². The second kappa shape index (κ2) is 7.74. The molecule has 108 valence electrons. The fourth-order valence-corrected chi connectivity index (χ4v) is 1.81. The lowest BCUT2D eigenvalue weighted by Crippen LogP contribution is -2.22. The Morgan fingerprint density at radius 1 is 1.25 bits per heavy atom. The Hall–Kier alpha value is -1.76. The van der Waals surface area contributed by atoms with Crippen LogP contribution in [0, 0.1) is 0 Å². The smallest absolute Gasteiger partial charge is 0.0969 e. The molecule has 20 heavy (non-hydrogen) atoms. The highest BCUT2D eigenvalue weighted by molar-refractivity contribution is 5.13. The van der Waals surface area contributed by atoms with E-state index in [9.17, 15) is 5.11 Å². The molecule has 0 aliphatic carbocycles. The lowest BCUT2D eigenvalue weighted by atomic mass is 10.2. The van der Waals surface area contributed by atoms with Crippen molar-refractivity contribution in [3.05, 3.63) is 47.8 Å². The quantitative estimate of drug-likeness (QED) is 0.729. The molecule has 0 aliphatic heterocycles. The third kappa shape index (κ3) is 4.73. The summed E-state index contributed by atoms with van der Waals surface area (Å²) >= 11 is 0. The molecule has 1 aromatic carbocycles. The molecular formula is C14H19N3O3. The van der Waals surface area contributed by atoms with Crippen LogP contribution in [0.4, 0.5) is 0 Å². The third-order valence-electron chi connectivity index (χ3n) is 2.77. The van der Waals surface area contributed by atoms with Gasteiger partial charge in [0.05, 0.1) is 31.6 Å². The van der Waals surface area contributed by atoms with Crippen molar-refractivity contribution in [2.45, 2.75) is 25.7 Å². The predicted octanol–water partition coefficient (Wildman–Crippen LogP) is 0.391. The Balaban J connectivity index is 1.70. The molecule has 6 nitrogen and oxygen atoms in total. The summed E-state index contributed by atoms with van der Waals surface area (Å²) in [5, 5.41) is 26.4. The summed E-state index contributed by atoms with van der Waals surface area (Å²) in [5.41, 5.74) is 1.79. The van der Waals surface area contributed by atoms with Crippen LogP contribution in [0.3, 0.4) is 0 Å². The molecule has 0 saturated carbocycles. The minimum absolute atomic E-state index is 0.0431. The summed E-state index contributed by atoms with van der Waals surface area (Å²) in [7, 11) is 0. The molecular weight excluding hydrogens is 258 g/mol. The van der Waals surface area contributed by atoms with Crippen LogP contribution in [0.15, 0.2) is 36.5 Å². The van der Waals surface area contributed by atoms with E-state index in [1.165, 1.54) is 0 Å². The topological polar surface area (TPSA) is 80.4 Å². The average Bonchev–Trinajstić information content (AvgIpc) is 2.88. The minimum Gasteiger partial charge on any atom is -0.396 e. The second-order valence-corrected chi connectivity index (χ2v) is 4.56. The Morgan fingerprint density at radius 3 is 2.80 bits per heavy atom. The van der Waals surface area contributed by atoms with Gasteiger partial charge in [-0.3, -0.25) is 0 Å². The minimum atomic E-state index is -0.637. The zero-order valence-corrected chi connectivity index (χ0v) is 11.2. The number of hydrogen-bond acceptors (Lipinski definition) is 5. The van der Waals surface area contributed by atoms with Gasteiger partial charge in [-0.25, -0.2) is 4.68 Å². The number of ether oxygens (including phenoxy) is 1. The van der Waals surface area contributed by atoms with Crippen molar-refractivity contribution in [1.29, 1.82) is 0 Å². The second-order valence-electron chi connectivity index (χ2n) is 4.56. The summed E-state index contributed by atoms with van der Waals surface area (Å²) in [6.45, 7) is 1.09. The Kier molecular flexibility index (Phi) is 5.67. The van der Waals surface area contributed by atoms with Gasteiger partial charge in [-0.05, 0) is 5.56 Å². The fraction of sp³-hybridized carbons (Fsp3) is 0.429. The number of hydrogen-bond donors (Lipinski definition) is 2. The standard InChI is InChI=1S/C14H19N3O3/c18-7-6-13-8-17(16-15-13)9-14(19)11-20-10-12-4-2-1-3-5-12/h1-5,8,14,18-19H,6-7,9-11H2. The van der Waals surface area contributed by atoms with E-state index in [4.69, 9.17) is 9.84 Å². The molecule has 2 aromatic rings. The molecule has 2 rings (SSSR count). The maximum absolute atomic E-state index is 9.86. The van der Waals surface area contributed by atoms with Crippen molar-refractivity contribution < 1.29 is 14.9 Å². The van der Waals surface area contributed by atoms with Crippen molar-refractivity contribution in [2.75, 3.05) is 13.2 Å². The summed E-state index contributed by atoms with van der Waals surface area (Å²) in [6.07, 6.45) is 1.56. The van der Waals surface area contributed by atoms with Gasteiger partial charge in [-0.2, -0.15) is 0 Å². The highest BCUT2D eigenvalue weighted by atomic mass is 16.5. The molecule has 0 aliphatic rings. The Bertz CT molecular complexity index is 501. The Labute approximate surface area is 117 Å². The average molecular weight is 277 g/mol. The van der Waals surface area contributed by atoms with Crippen LogP contribution >= 0.6 is 0 Å². The number of aromatic nitrogens is 3. The summed E-state index contributed by atoms with van der Waals surface area (Å²) in [4.78, 5) is 0. The molecule has 0 bridgehead atoms. The van der Waals surface area contributed by atoms with Crippen molar-refractivity contribution in [1.82, 2.24) is 15.0 Å². The molecule has 0 fully saturated rings. The number of benzene rings is 1. The molecule has 6 heteroatoms. The zero-order chi connectivity index (χ0) is 14.2. The monoisotopic (exact) mass is 277 g/mol. The maximum Gasteiger partial charge on any atom is 0.0969 e. The van der Waals surface area contributed by atoms with E-state index in [1.54, 1.807) is 10.9 Å². The van der Waals surface area contributed by atoms with Crippen LogP contribution in [0.1, 0.15) is 11.3 Å². The summed E-state index contributed by atoms with van der Waals surface area (Å²) < 4.78 is 7.01. The summed E-state index contributed by atoms with van der Waals surface area (Å²) in [6, 6.07) is 9.81. The fourth-order valence-electron chi connectivity index (χ4n) is 1.81. The van der Waals surface area contributed by atoms with E-state index < -0.39 is 6.10 Å². The van der Waals surface area contributed by atoms with E-state index in [2.05, 4.69) is 10.3 Å². The Morgan fingerprint density at radius 2 is 2.05 bits per heavy atom. The SMILES string of the molecule is OCCc1cn(CC(O)COCc2ccccc2)nn1. The molecule has 1 aromatic heterocycles. The van der Waals surface area contributed by atoms with Gasteiger partial charge < -0.3 is 14.9 Å². The lowest BCUT2D eigenvalue weighted by Gasteiger charge is -2.10. The number of aliphatic hydroxyl groups is 2. The molecule has 1 unspecified atom stereocenters. The summed E-state index contributed by atoms with van der Waals surface area (Å²) in [5.74, 6) is 0. The van der Waals surface area contributed by atoms with Crippen molar-refractivity contribution in [3.8, 4) is 0 Å². The van der Waals surface area contributed by atoms with Crippen molar-refractivity contribution in [2.24, 2.45) is 0 Å². The van der Waals surface area contributed by atoms with Crippen molar-refractivity contribution in [3.63, 3.8) is 0 Å². The number of nitrogens with zero attached hydrogens (tertiary/aromatic N) is 3. The highest BCUT2D eigenvalue weighted by Gasteiger charge is 2.08. The number of aliphatic hydroxyl groups excluding tert-OH is 2. The first-order chi connectivity index (χ1) is 9.78. The van der Waals surface area contributed by atoms with Gasteiger partial charge in [0.2, 0.25) is 0 Å². The molecule has 0 radical (unpaired) electrons. The first-order valence-corrected chi connectivity index (χ1v) is 6.57. The van der Waals surface area contributed by atoms with Gasteiger partial charge in [-0.15, -0.1) is 5.10 Å². The van der Waals surface area contributed by atoms with Crippen LogP contribution in [0.5, 0.6) is 0 Å². The van der Waals surface area contributed by atoms with Crippen molar-refractivity contribution >= 4 is 0 Å². The van der Waals surface area contributed by atoms with E-state index in [-0.39, 0.29) is 13.2 Å². The van der Waals surface area contributed by atoms with Crippen LogP contribution in [-0.4, -0.2) is 44.5 Å². The zero-order valence-electron chi connectivity index (χ0n) is 11.2. The van der Waals surface area contributed by atoms with Crippen LogP contribution < -0.4 is 0 Å². The normalized spacial score (nSPS) is 12.5. The van der Waals surface area contributed by atoms with Gasteiger partial charge >= 0.3 is 0 Å². The van der Waals surface area contributed by atoms with Gasteiger partial charge in [0, 0.05) is 19.2 Å². The first kappa shape index (κ1) is 14.6. The molecule has 1 atom stereocenters.